The molecule has 1 aromatic heterocycles. The smallest absolute Gasteiger partial charge is 0.148 e. The van der Waals surface area contributed by atoms with Crippen LogP contribution in [-0.2, 0) is 5.88 Å². The van der Waals surface area contributed by atoms with Crippen molar-refractivity contribution >= 4 is 11.6 Å². The molecule has 1 heterocycles. The van der Waals surface area contributed by atoms with Gasteiger partial charge in [-0.2, -0.15) is 0 Å². The van der Waals surface area contributed by atoms with Crippen LogP contribution in [0.5, 0.6) is 0 Å². The average Bonchev–Trinajstić information content (AvgIpc) is 2.81. The molecule has 0 saturated heterocycles. The lowest BCUT2D eigenvalue weighted by Gasteiger charge is -2.21. The molecular formula is C13H18ClN3. The highest BCUT2D eigenvalue weighted by atomic mass is 35.5. The fourth-order valence-corrected chi connectivity index (χ4v) is 4.16. The van der Waals surface area contributed by atoms with Crippen molar-refractivity contribution in [1.29, 1.82) is 0 Å². The zero-order valence-corrected chi connectivity index (χ0v) is 10.7. The minimum Gasteiger partial charge on any atom is -0.311 e. The largest absolute Gasteiger partial charge is 0.311 e. The van der Waals surface area contributed by atoms with Gasteiger partial charge in [0.25, 0.3) is 0 Å². The molecular weight excluding hydrogens is 234 g/mol. The zero-order chi connectivity index (χ0) is 11.4. The van der Waals surface area contributed by atoms with Crippen LogP contribution in [0.3, 0.4) is 0 Å². The summed E-state index contributed by atoms with van der Waals surface area (Å²) < 4.78 is 2.37. The van der Waals surface area contributed by atoms with Crippen LogP contribution in [0.1, 0.15) is 62.1 Å². The Bertz CT molecular complexity index is 438. The van der Waals surface area contributed by atoms with Gasteiger partial charge < -0.3 is 4.57 Å². The summed E-state index contributed by atoms with van der Waals surface area (Å²) in [5.74, 6) is 5.28. The first kappa shape index (κ1) is 10.4. The van der Waals surface area contributed by atoms with Gasteiger partial charge in [-0.1, -0.05) is 6.42 Å². The van der Waals surface area contributed by atoms with Crippen molar-refractivity contribution in [2.75, 3.05) is 0 Å². The number of hydrogen-bond acceptors (Lipinski definition) is 2. The summed E-state index contributed by atoms with van der Waals surface area (Å²) in [6, 6.07) is 0.660. The lowest BCUT2D eigenvalue weighted by molar-refractivity contribution is 0.392. The monoisotopic (exact) mass is 251 g/mol. The molecule has 1 aromatic rings. The maximum absolute atomic E-state index is 5.98. The summed E-state index contributed by atoms with van der Waals surface area (Å²) in [4.78, 5) is 0. The van der Waals surface area contributed by atoms with Gasteiger partial charge in [0.15, 0.2) is 0 Å². The highest BCUT2D eigenvalue weighted by Crippen LogP contribution is 2.53. The molecule has 0 aliphatic heterocycles. The molecule has 3 nitrogen and oxygen atoms in total. The molecule has 4 rings (SSSR count). The minimum absolute atomic E-state index is 0.504. The lowest BCUT2D eigenvalue weighted by Crippen LogP contribution is -2.15. The van der Waals surface area contributed by atoms with Gasteiger partial charge in [0.2, 0.25) is 0 Å². The van der Waals surface area contributed by atoms with E-state index in [9.17, 15) is 0 Å². The van der Waals surface area contributed by atoms with E-state index in [0.717, 1.165) is 17.7 Å². The first-order chi connectivity index (χ1) is 8.36. The quantitative estimate of drug-likeness (QED) is 0.772. The van der Waals surface area contributed by atoms with Crippen LogP contribution in [-0.4, -0.2) is 14.8 Å². The van der Waals surface area contributed by atoms with E-state index in [1.807, 2.05) is 0 Å². The van der Waals surface area contributed by atoms with Gasteiger partial charge >= 0.3 is 0 Å². The fraction of sp³-hybridized carbons (Fsp3) is 0.846. The van der Waals surface area contributed by atoms with Crippen LogP contribution in [0.15, 0.2) is 0 Å². The summed E-state index contributed by atoms with van der Waals surface area (Å²) in [6.07, 6.45) is 8.20. The van der Waals surface area contributed by atoms with E-state index < -0.39 is 0 Å². The van der Waals surface area contributed by atoms with E-state index in [1.54, 1.807) is 0 Å². The van der Waals surface area contributed by atoms with Gasteiger partial charge in [-0.05, 0) is 43.9 Å². The maximum Gasteiger partial charge on any atom is 0.148 e. The van der Waals surface area contributed by atoms with Crippen LogP contribution in [0, 0.1) is 11.8 Å². The van der Waals surface area contributed by atoms with Crippen LogP contribution in [0.2, 0.25) is 0 Å². The van der Waals surface area contributed by atoms with Crippen molar-refractivity contribution in [3.8, 4) is 0 Å². The number of alkyl halides is 1. The fourth-order valence-electron chi connectivity index (χ4n) is 3.97. The molecule has 3 atom stereocenters. The minimum atomic E-state index is 0.504. The standard InChI is InChI=1S/C13H18ClN3/c14-7-12-15-16-13(17(12)10-3-4-10)11-6-8-1-2-9(11)5-8/h8-11H,1-7H2. The Morgan fingerprint density at radius 3 is 2.59 bits per heavy atom. The van der Waals surface area contributed by atoms with Crippen LogP contribution >= 0.6 is 11.6 Å². The Labute approximate surface area is 107 Å². The average molecular weight is 252 g/mol. The Kier molecular flexibility index (Phi) is 2.26. The second-order valence-corrected chi connectivity index (χ2v) is 6.26. The third-order valence-corrected chi connectivity index (χ3v) is 5.13. The third kappa shape index (κ3) is 1.55. The first-order valence-corrected chi connectivity index (χ1v) is 7.40. The number of nitrogens with zero attached hydrogens (tertiary/aromatic N) is 3. The van der Waals surface area contributed by atoms with Crippen molar-refractivity contribution in [2.45, 2.75) is 56.4 Å². The van der Waals surface area contributed by atoms with Crippen LogP contribution < -0.4 is 0 Å². The van der Waals surface area contributed by atoms with Crippen molar-refractivity contribution in [1.82, 2.24) is 14.8 Å². The van der Waals surface area contributed by atoms with Crippen molar-refractivity contribution in [3.63, 3.8) is 0 Å². The van der Waals surface area contributed by atoms with Gasteiger partial charge in [0.1, 0.15) is 11.6 Å². The normalized spacial score (nSPS) is 35.7. The van der Waals surface area contributed by atoms with Gasteiger partial charge in [0.05, 0.1) is 5.88 Å². The summed E-state index contributed by atoms with van der Waals surface area (Å²) >= 11 is 5.98. The first-order valence-electron chi connectivity index (χ1n) is 6.86. The SMILES string of the molecule is ClCc1nnc(C2CC3CCC2C3)n1C1CC1. The predicted molar refractivity (Wildman–Crippen MR) is 66.0 cm³/mol. The molecule has 3 aliphatic carbocycles. The Balaban J connectivity index is 1.71. The number of hydrogen-bond donors (Lipinski definition) is 0. The molecule has 0 spiro atoms. The molecule has 92 valence electrons. The van der Waals surface area contributed by atoms with Crippen LogP contribution in [0.25, 0.3) is 0 Å². The second-order valence-electron chi connectivity index (χ2n) is 5.99. The molecule has 3 aliphatic rings. The second kappa shape index (κ2) is 3.71. The Hall–Kier alpha value is -0.570. The molecule has 3 saturated carbocycles. The summed E-state index contributed by atoms with van der Waals surface area (Å²) in [7, 11) is 0. The van der Waals surface area contributed by atoms with Gasteiger partial charge in [-0.3, -0.25) is 0 Å². The van der Waals surface area contributed by atoms with E-state index in [4.69, 9.17) is 11.6 Å². The van der Waals surface area contributed by atoms with Gasteiger partial charge in [0, 0.05) is 12.0 Å². The molecule has 2 bridgehead atoms. The molecule has 0 radical (unpaired) electrons. The molecule has 4 heteroatoms. The Morgan fingerprint density at radius 2 is 2.00 bits per heavy atom. The highest BCUT2D eigenvalue weighted by Gasteiger charge is 2.44. The topological polar surface area (TPSA) is 30.7 Å². The molecule has 17 heavy (non-hydrogen) atoms. The number of aromatic nitrogens is 3. The number of halogens is 1. The van der Waals surface area contributed by atoms with Gasteiger partial charge in [-0.25, -0.2) is 0 Å². The van der Waals surface area contributed by atoms with Crippen molar-refractivity contribution in [3.05, 3.63) is 11.6 Å². The molecule has 0 aromatic carbocycles. The Morgan fingerprint density at radius 1 is 1.12 bits per heavy atom. The van der Waals surface area contributed by atoms with E-state index in [1.165, 1.54) is 44.3 Å². The lowest BCUT2D eigenvalue weighted by atomic mass is 9.88. The maximum atomic E-state index is 5.98. The van der Waals surface area contributed by atoms with E-state index in [2.05, 4.69) is 14.8 Å². The number of rotatable bonds is 3. The molecule has 0 amide bonds. The molecule has 3 fully saturated rings. The third-order valence-electron chi connectivity index (χ3n) is 4.89. The van der Waals surface area contributed by atoms with E-state index in [0.29, 0.717) is 17.8 Å². The molecule has 3 unspecified atom stereocenters. The number of fused-ring (bicyclic) bond motifs is 2. The summed E-state index contributed by atoms with van der Waals surface area (Å²) in [5, 5.41) is 8.78. The summed E-state index contributed by atoms with van der Waals surface area (Å²) in [6.45, 7) is 0. The molecule has 0 N–H and O–H groups in total. The van der Waals surface area contributed by atoms with Crippen molar-refractivity contribution in [2.24, 2.45) is 11.8 Å². The van der Waals surface area contributed by atoms with Gasteiger partial charge in [-0.15, -0.1) is 21.8 Å². The highest BCUT2D eigenvalue weighted by molar-refractivity contribution is 6.16. The predicted octanol–water partition coefficient (Wildman–Crippen LogP) is 3.26. The summed E-state index contributed by atoms with van der Waals surface area (Å²) in [5.41, 5.74) is 0. The zero-order valence-electron chi connectivity index (χ0n) is 9.98. The van der Waals surface area contributed by atoms with E-state index >= 15 is 0 Å². The van der Waals surface area contributed by atoms with Crippen molar-refractivity contribution < 1.29 is 0 Å². The van der Waals surface area contributed by atoms with Crippen LogP contribution in [0.4, 0.5) is 0 Å². The van der Waals surface area contributed by atoms with E-state index in [-0.39, 0.29) is 0 Å².